The summed E-state index contributed by atoms with van der Waals surface area (Å²) >= 11 is 0. The summed E-state index contributed by atoms with van der Waals surface area (Å²) in [6.45, 7) is 0.947. The first-order chi connectivity index (χ1) is 10.1. The van der Waals surface area contributed by atoms with E-state index in [2.05, 4.69) is 18.0 Å². The lowest BCUT2D eigenvalue weighted by atomic mass is 9.55. The minimum Gasteiger partial charge on any atom is -0.504 e. The lowest BCUT2D eigenvalue weighted by Gasteiger charge is -2.54. The Morgan fingerprint density at radius 1 is 1.43 bits per heavy atom. The standard InChI is InChI=1S/C17H17NO3/c1-18-8-10-3-5-13(20)16-17(10)7-11(18)6-9-2-4-12(19)15(21-16)14(9)17/h2-5,10-11,16,19H,6-8H2,1H3/t10-,11?,16-,17-/m0/s1. The maximum atomic E-state index is 12.4. The highest BCUT2D eigenvalue weighted by atomic mass is 16.5. The third-order valence-electron chi connectivity index (χ3n) is 5.94. The fraction of sp³-hybridized carbons (Fsp3) is 0.471. The number of ether oxygens (including phenoxy) is 1. The molecule has 21 heavy (non-hydrogen) atoms. The van der Waals surface area contributed by atoms with Crippen LogP contribution in [0.1, 0.15) is 17.5 Å². The second-order valence-electron chi connectivity index (χ2n) is 6.86. The number of fused-ring (bicyclic) bond motifs is 1. The Hall–Kier alpha value is -1.81. The molecule has 108 valence electrons. The quantitative estimate of drug-likeness (QED) is 0.782. The third-order valence-corrected chi connectivity index (χ3v) is 5.94. The predicted molar refractivity (Wildman–Crippen MR) is 76.6 cm³/mol. The van der Waals surface area contributed by atoms with E-state index in [1.165, 1.54) is 5.56 Å². The van der Waals surface area contributed by atoms with Crippen LogP contribution < -0.4 is 4.74 Å². The first kappa shape index (κ1) is 11.8. The molecular formula is C17H17NO3. The average Bonchev–Trinajstić information content (AvgIpc) is 2.83. The molecule has 1 aromatic rings. The van der Waals surface area contributed by atoms with E-state index in [0.29, 0.717) is 11.8 Å². The number of rotatable bonds is 0. The highest BCUT2D eigenvalue weighted by Crippen LogP contribution is 2.61. The molecule has 4 heteroatoms. The lowest BCUT2D eigenvalue weighted by Crippen LogP contribution is -2.62. The Balaban J connectivity index is 1.85. The second-order valence-corrected chi connectivity index (χ2v) is 6.86. The van der Waals surface area contributed by atoms with Gasteiger partial charge < -0.3 is 14.7 Å². The van der Waals surface area contributed by atoms with E-state index in [-0.39, 0.29) is 22.9 Å². The lowest BCUT2D eigenvalue weighted by molar-refractivity contribution is -0.127. The summed E-state index contributed by atoms with van der Waals surface area (Å²) in [6.07, 6.45) is 5.20. The molecular weight excluding hydrogens is 266 g/mol. The third kappa shape index (κ3) is 1.19. The zero-order valence-corrected chi connectivity index (χ0v) is 11.9. The summed E-state index contributed by atoms with van der Waals surface area (Å²) in [6, 6.07) is 4.16. The molecule has 4 nitrogen and oxygen atoms in total. The molecule has 0 radical (unpaired) electrons. The molecule has 4 aliphatic rings. The van der Waals surface area contributed by atoms with Crippen LogP contribution in [0.15, 0.2) is 24.3 Å². The van der Waals surface area contributed by atoms with Crippen LogP contribution >= 0.6 is 0 Å². The van der Waals surface area contributed by atoms with Crippen molar-refractivity contribution in [2.24, 2.45) is 5.92 Å². The summed E-state index contributed by atoms with van der Waals surface area (Å²) in [7, 11) is 2.17. The van der Waals surface area contributed by atoms with Crippen molar-refractivity contribution in [1.82, 2.24) is 4.90 Å². The number of nitrogens with zero attached hydrogens (tertiary/aromatic N) is 1. The van der Waals surface area contributed by atoms with E-state index in [4.69, 9.17) is 4.74 Å². The van der Waals surface area contributed by atoms with Crippen molar-refractivity contribution in [2.45, 2.75) is 30.4 Å². The number of phenols is 1. The monoisotopic (exact) mass is 283 g/mol. The average molecular weight is 283 g/mol. The Labute approximate surface area is 123 Å². The SMILES string of the molecule is CN1C[C@@H]2C=CC(=O)[C@@H]3Oc4c(O)ccc5c4[C@]23CC1C5. The summed E-state index contributed by atoms with van der Waals surface area (Å²) in [5, 5.41) is 10.2. The summed E-state index contributed by atoms with van der Waals surface area (Å²) < 4.78 is 5.99. The minimum absolute atomic E-state index is 0.0398. The first-order valence-corrected chi connectivity index (χ1v) is 7.55. The van der Waals surface area contributed by atoms with Gasteiger partial charge in [0.25, 0.3) is 0 Å². The molecule has 2 bridgehead atoms. The number of hydrogen-bond donors (Lipinski definition) is 1. The van der Waals surface area contributed by atoms with E-state index in [0.717, 1.165) is 24.9 Å². The van der Waals surface area contributed by atoms with Crippen molar-refractivity contribution in [3.05, 3.63) is 35.4 Å². The molecule has 1 unspecified atom stereocenters. The van der Waals surface area contributed by atoms with Gasteiger partial charge in [0, 0.05) is 24.1 Å². The second kappa shape index (κ2) is 3.50. The van der Waals surface area contributed by atoms with Crippen LogP contribution in [0.2, 0.25) is 0 Å². The van der Waals surface area contributed by atoms with Crippen molar-refractivity contribution in [1.29, 1.82) is 0 Å². The Morgan fingerprint density at radius 3 is 3.14 bits per heavy atom. The van der Waals surface area contributed by atoms with Gasteiger partial charge in [0.15, 0.2) is 23.4 Å². The molecule has 1 saturated heterocycles. The van der Waals surface area contributed by atoms with Crippen LogP contribution in [-0.2, 0) is 16.6 Å². The fourth-order valence-electron chi connectivity index (χ4n) is 5.00. The van der Waals surface area contributed by atoms with Crippen molar-refractivity contribution in [3.63, 3.8) is 0 Å². The van der Waals surface area contributed by atoms with Gasteiger partial charge in [-0.1, -0.05) is 12.1 Å². The highest BCUT2D eigenvalue weighted by molar-refractivity contribution is 5.98. The molecule has 0 aromatic heterocycles. The minimum atomic E-state index is -0.453. The maximum Gasteiger partial charge on any atom is 0.196 e. The molecule has 2 aliphatic heterocycles. The number of phenolic OH excluding ortho intramolecular Hbond substituents is 1. The van der Waals surface area contributed by atoms with E-state index in [9.17, 15) is 9.90 Å². The zero-order chi connectivity index (χ0) is 14.4. The van der Waals surface area contributed by atoms with Crippen molar-refractivity contribution in [2.75, 3.05) is 13.6 Å². The Morgan fingerprint density at radius 2 is 2.29 bits per heavy atom. The normalized spacial score (nSPS) is 39.1. The molecule has 2 aliphatic carbocycles. The van der Waals surface area contributed by atoms with Gasteiger partial charge in [-0.2, -0.15) is 0 Å². The Kier molecular flexibility index (Phi) is 1.97. The van der Waals surface area contributed by atoms with Gasteiger partial charge in [0.1, 0.15) is 0 Å². The van der Waals surface area contributed by atoms with Crippen LogP contribution in [0.5, 0.6) is 11.5 Å². The van der Waals surface area contributed by atoms with Gasteiger partial charge in [-0.3, -0.25) is 4.79 Å². The van der Waals surface area contributed by atoms with Gasteiger partial charge in [-0.05, 0) is 37.6 Å². The number of hydrogen-bond acceptors (Lipinski definition) is 4. The summed E-state index contributed by atoms with van der Waals surface area (Å²) in [5.74, 6) is 1.05. The molecule has 1 spiro atoms. The van der Waals surface area contributed by atoms with E-state index >= 15 is 0 Å². The number of carbonyl (C=O) groups is 1. The number of benzene rings is 1. The highest BCUT2D eigenvalue weighted by Gasteiger charge is 2.63. The van der Waals surface area contributed by atoms with E-state index < -0.39 is 6.10 Å². The van der Waals surface area contributed by atoms with Crippen molar-refractivity contribution >= 4 is 5.78 Å². The molecule has 4 atom stereocenters. The van der Waals surface area contributed by atoms with Crippen LogP contribution in [0, 0.1) is 5.92 Å². The topological polar surface area (TPSA) is 49.8 Å². The molecule has 2 heterocycles. The van der Waals surface area contributed by atoms with Crippen molar-refractivity contribution in [3.8, 4) is 11.5 Å². The van der Waals surface area contributed by atoms with Gasteiger partial charge in [0.2, 0.25) is 0 Å². The summed E-state index contributed by atoms with van der Waals surface area (Å²) in [5.41, 5.74) is 2.09. The van der Waals surface area contributed by atoms with E-state index in [1.54, 1.807) is 12.1 Å². The molecule has 0 saturated carbocycles. The largest absolute Gasteiger partial charge is 0.504 e. The van der Waals surface area contributed by atoms with Crippen LogP contribution in [0.4, 0.5) is 0 Å². The fourth-order valence-corrected chi connectivity index (χ4v) is 5.00. The number of likely N-dealkylation sites (N-methyl/N-ethyl adjacent to an activating group) is 1. The predicted octanol–water partition coefficient (Wildman–Crippen LogP) is 1.41. The molecule has 1 aromatic carbocycles. The first-order valence-electron chi connectivity index (χ1n) is 7.55. The van der Waals surface area contributed by atoms with E-state index in [1.807, 2.05) is 6.07 Å². The van der Waals surface area contributed by atoms with Gasteiger partial charge in [0.05, 0.1) is 5.41 Å². The smallest absolute Gasteiger partial charge is 0.196 e. The number of aromatic hydroxyl groups is 1. The molecule has 5 rings (SSSR count). The van der Waals surface area contributed by atoms with Crippen LogP contribution in [0.25, 0.3) is 0 Å². The summed E-state index contributed by atoms with van der Waals surface area (Å²) in [4.78, 5) is 14.8. The zero-order valence-electron chi connectivity index (χ0n) is 11.9. The molecule has 1 N–H and O–H groups in total. The molecule has 1 fully saturated rings. The van der Waals surface area contributed by atoms with Crippen LogP contribution in [0.3, 0.4) is 0 Å². The van der Waals surface area contributed by atoms with Crippen LogP contribution in [-0.4, -0.2) is 41.5 Å². The van der Waals surface area contributed by atoms with Gasteiger partial charge in [-0.15, -0.1) is 0 Å². The number of likely N-dealkylation sites (tertiary alicyclic amines) is 1. The maximum absolute atomic E-state index is 12.4. The molecule has 0 amide bonds. The number of piperidine rings is 1. The Bertz CT molecular complexity index is 710. The van der Waals surface area contributed by atoms with Gasteiger partial charge >= 0.3 is 0 Å². The van der Waals surface area contributed by atoms with Crippen molar-refractivity contribution < 1.29 is 14.6 Å². The van der Waals surface area contributed by atoms with Gasteiger partial charge in [-0.25, -0.2) is 0 Å². The number of carbonyl (C=O) groups excluding carboxylic acids is 1. The number of ketones is 1.